The number of aliphatic hydroxyl groups is 1. The van der Waals surface area contributed by atoms with Gasteiger partial charge in [0, 0.05) is 44.4 Å². The van der Waals surface area contributed by atoms with Crippen LogP contribution in [-0.4, -0.2) is 58.1 Å². The van der Waals surface area contributed by atoms with Gasteiger partial charge < -0.3 is 18.8 Å². The van der Waals surface area contributed by atoms with Gasteiger partial charge in [0.05, 0.1) is 12.5 Å². The summed E-state index contributed by atoms with van der Waals surface area (Å²) in [5, 5.41) is 9.34. The number of oxazole rings is 1. The lowest BCUT2D eigenvalue weighted by Gasteiger charge is -2.41. The van der Waals surface area contributed by atoms with Crippen LogP contribution in [0.5, 0.6) is 0 Å². The Labute approximate surface area is 134 Å². The molecule has 2 aromatic rings. The van der Waals surface area contributed by atoms with E-state index in [1.54, 1.807) is 24.3 Å². The van der Waals surface area contributed by atoms with Crippen molar-refractivity contribution in [2.45, 2.75) is 25.9 Å². The van der Waals surface area contributed by atoms with Gasteiger partial charge in [0.1, 0.15) is 5.76 Å². The maximum Gasteiger partial charge on any atom is 0.276 e. The number of piperazine rings is 1. The molecule has 7 heteroatoms. The van der Waals surface area contributed by atoms with Crippen molar-refractivity contribution >= 4 is 5.91 Å². The molecule has 23 heavy (non-hydrogen) atoms. The molecule has 3 rings (SSSR count). The van der Waals surface area contributed by atoms with E-state index in [1.807, 2.05) is 6.07 Å². The van der Waals surface area contributed by atoms with Crippen molar-refractivity contribution in [3.8, 4) is 0 Å². The monoisotopic (exact) mass is 319 g/mol. The first-order valence-electron chi connectivity index (χ1n) is 7.74. The maximum absolute atomic E-state index is 12.6. The highest BCUT2D eigenvalue weighted by atomic mass is 16.3. The standard InChI is InChI=1S/C16H21N3O4/c1-12-15(17-11-23-12)16(21)19-5-4-18(14(9-19)2-6-20)8-13-3-7-22-10-13/h3,7,10-11,14,20H,2,4-6,8-9H2,1H3/t14-/m0/s1. The van der Waals surface area contributed by atoms with Gasteiger partial charge in [0.2, 0.25) is 0 Å². The first-order valence-corrected chi connectivity index (χ1v) is 7.74. The van der Waals surface area contributed by atoms with Crippen molar-refractivity contribution < 1.29 is 18.7 Å². The Morgan fingerprint density at radius 2 is 2.35 bits per heavy atom. The van der Waals surface area contributed by atoms with Crippen molar-refractivity contribution in [1.29, 1.82) is 0 Å². The summed E-state index contributed by atoms with van der Waals surface area (Å²) in [4.78, 5) is 20.6. The van der Waals surface area contributed by atoms with Gasteiger partial charge in [-0.15, -0.1) is 0 Å². The average molecular weight is 319 g/mol. The Balaban J connectivity index is 1.68. The molecule has 0 bridgehead atoms. The van der Waals surface area contributed by atoms with Crippen LogP contribution in [0, 0.1) is 6.92 Å². The molecule has 124 valence electrons. The van der Waals surface area contributed by atoms with Crippen molar-refractivity contribution in [1.82, 2.24) is 14.8 Å². The van der Waals surface area contributed by atoms with Crippen LogP contribution in [0.3, 0.4) is 0 Å². The summed E-state index contributed by atoms with van der Waals surface area (Å²) in [5.41, 5.74) is 1.47. The quantitative estimate of drug-likeness (QED) is 0.894. The predicted molar refractivity (Wildman–Crippen MR) is 81.8 cm³/mol. The van der Waals surface area contributed by atoms with Crippen LogP contribution in [0.15, 0.2) is 33.8 Å². The zero-order valence-corrected chi connectivity index (χ0v) is 13.1. The Bertz CT molecular complexity index is 638. The van der Waals surface area contributed by atoms with Crippen LogP contribution in [0.4, 0.5) is 0 Å². The number of hydrogen-bond acceptors (Lipinski definition) is 6. The molecule has 0 aliphatic carbocycles. The molecule has 1 fully saturated rings. The Kier molecular flexibility index (Phi) is 4.78. The predicted octanol–water partition coefficient (Wildman–Crippen LogP) is 1.29. The summed E-state index contributed by atoms with van der Waals surface area (Å²) in [6, 6.07) is 2.05. The highest BCUT2D eigenvalue weighted by molar-refractivity contribution is 5.93. The van der Waals surface area contributed by atoms with E-state index < -0.39 is 0 Å². The topological polar surface area (TPSA) is 83.0 Å². The Morgan fingerprint density at radius 3 is 3.00 bits per heavy atom. The lowest BCUT2D eigenvalue weighted by Crippen LogP contribution is -2.54. The summed E-state index contributed by atoms with van der Waals surface area (Å²) in [7, 11) is 0. The molecule has 1 N–H and O–H groups in total. The van der Waals surface area contributed by atoms with E-state index in [0.717, 1.165) is 18.7 Å². The highest BCUT2D eigenvalue weighted by Crippen LogP contribution is 2.19. The molecule has 0 saturated carbocycles. The number of hydrogen-bond donors (Lipinski definition) is 1. The van der Waals surface area contributed by atoms with Gasteiger partial charge in [0.25, 0.3) is 5.91 Å². The molecule has 1 aliphatic heterocycles. The van der Waals surface area contributed by atoms with Gasteiger partial charge in [-0.05, 0) is 19.4 Å². The fraction of sp³-hybridized carbons (Fsp3) is 0.500. The molecule has 1 aliphatic rings. The van der Waals surface area contributed by atoms with E-state index >= 15 is 0 Å². The van der Waals surface area contributed by atoms with E-state index in [4.69, 9.17) is 8.83 Å². The summed E-state index contributed by atoms with van der Waals surface area (Å²) in [5.74, 6) is 0.427. The van der Waals surface area contributed by atoms with E-state index in [1.165, 1.54) is 6.39 Å². The second-order valence-electron chi connectivity index (χ2n) is 5.78. The third-order valence-electron chi connectivity index (χ3n) is 4.27. The first-order chi connectivity index (χ1) is 11.2. The molecule has 3 heterocycles. The number of aliphatic hydroxyl groups excluding tert-OH is 1. The number of aryl methyl sites for hydroxylation is 1. The van der Waals surface area contributed by atoms with Crippen LogP contribution in [0.1, 0.15) is 28.2 Å². The molecule has 0 radical (unpaired) electrons. The second-order valence-corrected chi connectivity index (χ2v) is 5.78. The van der Waals surface area contributed by atoms with Crippen LogP contribution in [0.25, 0.3) is 0 Å². The first kappa shape index (κ1) is 15.8. The normalized spacial score (nSPS) is 19.2. The summed E-state index contributed by atoms with van der Waals surface area (Å²) >= 11 is 0. The van der Waals surface area contributed by atoms with Crippen molar-refractivity contribution in [3.63, 3.8) is 0 Å². The molecule has 0 aromatic carbocycles. The Hall–Kier alpha value is -2.12. The Morgan fingerprint density at radius 1 is 1.48 bits per heavy atom. The van der Waals surface area contributed by atoms with Crippen LogP contribution in [0.2, 0.25) is 0 Å². The SMILES string of the molecule is Cc1ocnc1C(=O)N1CCN(Cc2ccoc2)[C@@H](CCO)C1. The molecule has 1 saturated heterocycles. The number of furan rings is 1. The van der Waals surface area contributed by atoms with Gasteiger partial charge in [-0.25, -0.2) is 4.98 Å². The third kappa shape index (κ3) is 3.46. The van der Waals surface area contributed by atoms with Gasteiger partial charge >= 0.3 is 0 Å². The summed E-state index contributed by atoms with van der Waals surface area (Å²) < 4.78 is 10.2. The fourth-order valence-electron chi connectivity index (χ4n) is 2.99. The number of rotatable bonds is 5. The molecule has 7 nitrogen and oxygen atoms in total. The molecule has 1 amide bonds. The summed E-state index contributed by atoms with van der Waals surface area (Å²) in [6.45, 7) is 4.54. The van der Waals surface area contributed by atoms with Crippen LogP contribution >= 0.6 is 0 Å². The smallest absolute Gasteiger partial charge is 0.276 e. The van der Waals surface area contributed by atoms with E-state index in [9.17, 15) is 9.90 Å². The highest BCUT2D eigenvalue weighted by Gasteiger charge is 2.31. The second kappa shape index (κ2) is 6.97. The molecule has 0 unspecified atom stereocenters. The fourth-order valence-corrected chi connectivity index (χ4v) is 2.99. The van der Waals surface area contributed by atoms with Gasteiger partial charge in [-0.1, -0.05) is 0 Å². The number of aromatic nitrogens is 1. The van der Waals surface area contributed by atoms with Gasteiger partial charge in [-0.3, -0.25) is 9.69 Å². The van der Waals surface area contributed by atoms with E-state index in [0.29, 0.717) is 31.0 Å². The van der Waals surface area contributed by atoms with Gasteiger partial charge in [-0.2, -0.15) is 0 Å². The van der Waals surface area contributed by atoms with Gasteiger partial charge in [0.15, 0.2) is 12.1 Å². The molecular formula is C16H21N3O4. The number of carbonyl (C=O) groups is 1. The van der Waals surface area contributed by atoms with E-state index in [2.05, 4.69) is 9.88 Å². The minimum Gasteiger partial charge on any atom is -0.472 e. The van der Waals surface area contributed by atoms with Crippen molar-refractivity contribution in [3.05, 3.63) is 42.0 Å². The maximum atomic E-state index is 12.6. The minimum absolute atomic E-state index is 0.0948. The van der Waals surface area contributed by atoms with Crippen molar-refractivity contribution in [2.75, 3.05) is 26.2 Å². The zero-order chi connectivity index (χ0) is 16.2. The largest absolute Gasteiger partial charge is 0.472 e. The zero-order valence-electron chi connectivity index (χ0n) is 13.1. The molecule has 0 spiro atoms. The van der Waals surface area contributed by atoms with E-state index in [-0.39, 0.29) is 18.6 Å². The van der Waals surface area contributed by atoms with Crippen LogP contribution in [-0.2, 0) is 6.54 Å². The molecular weight excluding hydrogens is 298 g/mol. The van der Waals surface area contributed by atoms with Crippen LogP contribution < -0.4 is 0 Å². The lowest BCUT2D eigenvalue weighted by molar-refractivity contribution is 0.0389. The molecule has 2 aromatic heterocycles. The lowest BCUT2D eigenvalue weighted by atomic mass is 10.1. The number of carbonyl (C=O) groups excluding carboxylic acids is 1. The number of amides is 1. The third-order valence-corrected chi connectivity index (χ3v) is 4.27. The average Bonchev–Trinajstić information content (AvgIpc) is 3.20. The summed E-state index contributed by atoms with van der Waals surface area (Å²) in [6.07, 6.45) is 5.30. The van der Waals surface area contributed by atoms with Crippen molar-refractivity contribution in [2.24, 2.45) is 0 Å². The number of nitrogens with zero attached hydrogens (tertiary/aromatic N) is 3. The minimum atomic E-state index is -0.109. The molecule has 1 atom stereocenters.